The molecule has 16 heavy (non-hydrogen) atoms. The van der Waals surface area contributed by atoms with Gasteiger partial charge in [-0.2, -0.15) is 0 Å². The predicted octanol–water partition coefficient (Wildman–Crippen LogP) is 0.727. The summed E-state index contributed by atoms with van der Waals surface area (Å²) in [5.74, 6) is 1.00. The first-order valence-electron chi connectivity index (χ1n) is 5.72. The zero-order valence-corrected chi connectivity index (χ0v) is 9.35. The summed E-state index contributed by atoms with van der Waals surface area (Å²) in [5, 5.41) is 11.9. The summed E-state index contributed by atoms with van der Waals surface area (Å²) < 4.78 is 1.98. The van der Waals surface area contributed by atoms with Gasteiger partial charge in [-0.25, -0.2) is 4.98 Å². The molecular formula is C11H15N5. The third kappa shape index (κ3) is 1.67. The SMILES string of the molecule is Cc1cc2nnc(CC3CCCN3)n2cn1. The summed E-state index contributed by atoms with van der Waals surface area (Å²) in [5.41, 5.74) is 1.87. The minimum atomic E-state index is 0.550. The van der Waals surface area contributed by atoms with E-state index in [4.69, 9.17) is 0 Å². The topological polar surface area (TPSA) is 55.1 Å². The van der Waals surface area contributed by atoms with Gasteiger partial charge in [-0.3, -0.25) is 4.40 Å². The fourth-order valence-electron chi connectivity index (χ4n) is 2.23. The quantitative estimate of drug-likeness (QED) is 0.805. The highest BCUT2D eigenvalue weighted by Crippen LogP contribution is 2.11. The average Bonchev–Trinajstić information content (AvgIpc) is 2.89. The summed E-state index contributed by atoms with van der Waals surface area (Å²) in [6.45, 7) is 3.09. The Labute approximate surface area is 93.9 Å². The van der Waals surface area contributed by atoms with E-state index in [0.29, 0.717) is 6.04 Å². The van der Waals surface area contributed by atoms with Gasteiger partial charge in [0.25, 0.3) is 0 Å². The molecule has 0 bridgehead atoms. The van der Waals surface area contributed by atoms with Crippen LogP contribution in [0.5, 0.6) is 0 Å². The van der Waals surface area contributed by atoms with Crippen molar-refractivity contribution < 1.29 is 0 Å². The molecule has 0 saturated carbocycles. The Morgan fingerprint density at radius 2 is 2.44 bits per heavy atom. The number of rotatable bonds is 2. The van der Waals surface area contributed by atoms with Crippen LogP contribution in [0.4, 0.5) is 0 Å². The first kappa shape index (κ1) is 9.72. The number of fused-ring (bicyclic) bond motifs is 1. The normalized spacial score (nSPS) is 20.7. The minimum Gasteiger partial charge on any atom is -0.314 e. The number of hydrogen-bond donors (Lipinski definition) is 1. The van der Waals surface area contributed by atoms with Gasteiger partial charge in [0, 0.05) is 24.2 Å². The van der Waals surface area contributed by atoms with E-state index in [1.807, 2.05) is 23.7 Å². The highest BCUT2D eigenvalue weighted by atomic mass is 15.3. The fraction of sp³-hybridized carbons (Fsp3) is 0.545. The minimum absolute atomic E-state index is 0.550. The van der Waals surface area contributed by atoms with Crippen LogP contribution in [0.25, 0.3) is 5.65 Å². The molecule has 5 nitrogen and oxygen atoms in total. The molecule has 1 N–H and O–H groups in total. The van der Waals surface area contributed by atoms with Crippen molar-refractivity contribution in [1.82, 2.24) is 24.9 Å². The molecule has 1 atom stereocenters. The molecule has 0 spiro atoms. The van der Waals surface area contributed by atoms with Crippen LogP contribution in [0, 0.1) is 6.92 Å². The van der Waals surface area contributed by atoms with Crippen molar-refractivity contribution in [3.63, 3.8) is 0 Å². The van der Waals surface area contributed by atoms with Gasteiger partial charge in [-0.15, -0.1) is 10.2 Å². The standard InChI is InChI=1S/C11H15N5/c1-8-5-10-14-15-11(16(10)7-13-8)6-9-3-2-4-12-9/h5,7,9,12H,2-4,6H2,1H3. The van der Waals surface area contributed by atoms with Crippen LogP contribution in [-0.2, 0) is 6.42 Å². The number of nitrogens with one attached hydrogen (secondary N) is 1. The Balaban J connectivity index is 1.91. The monoisotopic (exact) mass is 217 g/mol. The lowest BCUT2D eigenvalue weighted by molar-refractivity contribution is 0.581. The number of aromatic nitrogens is 4. The van der Waals surface area contributed by atoms with Gasteiger partial charge in [0.15, 0.2) is 5.65 Å². The fourth-order valence-corrected chi connectivity index (χ4v) is 2.23. The molecule has 0 aromatic carbocycles. The van der Waals surface area contributed by atoms with Crippen molar-refractivity contribution in [2.75, 3.05) is 6.54 Å². The molecule has 84 valence electrons. The second-order valence-electron chi connectivity index (χ2n) is 4.37. The number of hydrogen-bond acceptors (Lipinski definition) is 4. The molecule has 1 saturated heterocycles. The predicted molar refractivity (Wildman–Crippen MR) is 60.2 cm³/mol. The molecule has 1 fully saturated rings. The number of aryl methyl sites for hydroxylation is 1. The van der Waals surface area contributed by atoms with Gasteiger partial charge in [0.05, 0.1) is 0 Å². The highest BCUT2D eigenvalue weighted by Gasteiger charge is 2.17. The second-order valence-corrected chi connectivity index (χ2v) is 4.37. The average molecular weight is 217 g/mol. The van der Waals surface area contributed by atoms with Crippen molar-refractivity contribution in [3.8, 4) is 0 Å². The van der Waals surface area contributed by atoms with E-state index >= 15 is 0 Å². The van der Waals surface area contributed by atoms with Crippen molar-refractivity contribution in [2.24, 2.45) is 0 Å². The van der Waals surface area contributed by atoms with Gasteiger partial charge in [-0.05, 0) is 26.3 Å². The molecule has 1 aliphatic heterocycles. The summed E-state index contributed by atoms with van der Waals surface area (Å²) in [7, 11) is 0. The lowest BCUT2D eigenvalue weighted by Gasteiger charge is -2.07. The Morgan fingerprint density at radius 1 is 1.50 bits per heavy atom. The van der Waals surface area contributed by atoms with E-state index in [0.717, 1.165) is 30.1 Å². The molecule has 1 aliphatic rings. The molecular weight excluding hydrogens is 202 g/mol. The third-order valence-corrected chi connectivity index (χ3v) is 3.10. The summed E-state index contributed by atoms with van der Waals surface area (Å²) in [6, 6.07) is 2.51. The third-order valence-electron chi connectivity index (χ3n) is 3.10. The summed E-state index contributed by atoms with van der Waals surface area (Å²) in [6.07, 6.45) is 5.24. The Morgan fingerprint density at radius 3 is 3.25 bits per heavy atom. The van der Waals surface area contributed by atoms with E-state index < -0.39 is 0 Å². The van der Waals surface area contributed by atoms with Crippen LogP contribution < -0.4 is 5.32 Å². The van der Waals surface area contributed by atoms with Crippen molar-refractivity contribution in [1.29, 1.82) is 0 Å². The van der Waals surface area contributed by atoms with Gasteiger partial charge in [0.1, 0.15) is 12.2 Å². The molecule has 0 radical (unpaired) electrons. The van der Waals surface area contributed by atoms with Crippen molar-refractivity contribution >= 4 is 5.65 Å². The van der Waals surface area contributed by atoms with E-state index in [9.17, 15) is 0 Å². The summed E-state index contributed by atoms with van der Waals surface area (Å²) in [4.78, 5) is 4.28. The van der Waals surface area contributed by atoms with Gasteiger partial charge in [-0.1, -0.05) is 0 Å². The Hall–Kier alpha value is -1.49. The molecule has 5 heteroatoms. The van der Waals surface area contributed by atoms with Gasteiger partial charge < -0.3 is 5.32 Å². The lowest BCUT2D eigenvalue weighted by Crippen LogP contribution is -2.24. The smallest absolute Gasteiger partial charge is 0.163 e. The Kier molecular flexibility index (Phi) is 2.32. The highest BCUT2D eigenvalue weighted by molar-refractivity contribution is 5.38. The van der Waals surface area contributed by atoms with E-state index in [-0.39, 0.29) is 0 Å². The maximum atomic E-state index is 4.28. The van der Waals surface area contributed by atoms with Crippen LogP contribution in [0.3, 0.4) is 0 Å². The largest absolute Gasteiger partial charge is 0.314 e. The zero-order chi connectivity index (χ0) is 11.0. The van der Waals surface area contributed by atoms with Crippen molar-refractivity contribution in [2.45, 2.75) is 32.2 Å². The first-order chi connectivity index (χ1) is 7.83. The van der Waals surface area contributed by atoms with E-state index in [2.05, 4.69) is 20.5 Å². The van der Waals surface area contributed by atoms with E-state index in [1.165, 1.54) is 12.8 Å². The maximum Gasteiger partial charge on any atom is 0.163 e. The second kappa shape index (κ2) is 3.83. The summed E-state index contributed by atoms with van der Waals surface area (Å²) >= 11 is 0. The zero-order valence-electron chi connectivity index (χ0n) is 9.35. The van der Waals surface area contributed by atoms with Gasteiger partial charge >= 0.3 is 0 Å². The van der Waals surface area contributed by atoms with Gasteiger partial charge in [0.2, 0.25) is 0 Å². The van der Waals surface area contributed by atoms with Crippen LogP contribution in [0.15, 0.2) is 12.4 Å². The molecule has 3 rings (SSSR count). The molecule has 3 heterocycles. The maximum absolute atomic E-state index is 4.28. The molecule has 2 aromatic heterocycles. The van der Waals surface area contributed by atoms with E-state index in [1.54, 1.807) is 0 Å². The molecule has 0 amide bonds. The lowest BCUT2D eigenvalue weighted by atomic mass is 10.1. The number of nitrogens with zero attached hydrogens (tertiary/aromatic N) is 4. The van der Waals surface area contributed by atoms with Crippen LogP contribution in [-0.4, -0.2) is 32.2 Å². The van der Waals surface area contributed by atoms with Crippen LogP contribution in [0.1, 0.15) is 24.4 Å². The van der Waals surface area contributed by atoms with Crippen molar-refractivity contribution in [3.05, 3.63) is 23.9 Å². The van der Waals surface area contributed by atoms with Crippen LogP contribution >= 0.6 is 0 Å². The molecule has 2 aromatic rings. The Bertz CT molecular complexity index is 498. The van der Waals surface area contributed by atoms with Crippen LogP contribution in [0.2, 0.25) is 0 Å². The molecule has 0 aliphatic carbocycles. The molecule has 1 unspecified atom stereocenters. The first-order valence-corrected chi connectivity index (χ1v) is 5.72.